The van der Waals surface area contributed by atoms with E-state index in [0.717, 1.165) is 17.7 Å². The molecule has 1 aliphatic heterocycles. The van der Waals surface area contributed by atoms with Gasteiger partial charge in [-0.05, 0) is 54.8 Å². The molecule has 2 amide bonds. The van der Waals surface area contributed by atoms with Crippen LogP contribution in [0.4, 0.5) is 11.4 Å². The summed E-state index contributed by atoms with van der Waals surface area (Å²) in [6.45, 7) is 3.93. The third kappa shape index (κ3) is 3.15. The Kier molecular flexibility index (Phi) is 4.58. The van der Waals surface area contributed by atoms with Crippen LogP contribution in [0.15, 0.2) is 42.5 Å². The minimum atomic E-state index is -0.542. The molecule has 0 saturated carbocycles. The highest BCUT2D eigenvalue weighted by atomic mass is 35.5. The van der Waals surface area contributed by atoms with E-state index >= 15 is 0 Å². The predicted molar refractivity (Wildman–Crippen MR) is 96.5 cm³/mol. The summed E-state index contributed by atoms with van der Waals surface area (Å²) in [5, 5.41) is 3.75. The van der Waals surface area contributed by atoms with Crippen LogP contribution in [0, 0.1) is 6.92 Å². The molecule has 0 radical (unpaired) electrons. The van der Waals surface area contributed by atoms with Crippen LogP contribution >= 0.6 is 11.6 Å². The molecule has 0 aromatic heterocycles. The molecule has 1 saturated heterocycles. The van der Waals surface area contributed by atoms with Gasteiger partial charge in [-0.2, -0.15) is 0 Å². The van der Waals surface area contributed by atoms with Crippen LogP contribution in [0.5, 0.6) is 0 Å². The second-order valence-corrected chi connectivity index (χ2v) is 6.39. The third-order valence-electron chi connectivity index (χ3n) is 4.25. The summed E-state index contributed by atoms with van der Waals surface area (Å²) < 4.78 is 0. The summed E-state index contributed by atoms with van der Waals surface area (Å²) in [5.41, 5.74) is 3.47. The maximum absolute atomic E-state index is 12.7. The van der Waals surface area contributed by atoms with Gasteiger partial charge in [0.05, 0.1) is 12.1 Å². The lowest BCUT2D eigenvalue weighted by molar-refractivity contribution is -0.121. The van der Waals surface area contributed by atoms with Crippen molar-refractivity contribution < 1.29 is 9.59 Å². The van der Waals surface area contributed by atoms with Gasteiger partial charge >= 0.3 is 0 Å². The monoisotopic (exact) mass is 342 g/mol. The molecule has 1 N–H and O–H groups in total. The molecule has 0 aliphatic carbocycles. The zero-order chi connectivity index (χ0) is 17.3. The fraction of sp³-hybridized carbons (Fsp3) is 0.263. The van der Waals surface area contributed by atoms with Crippen molar-refractivity contribution in [3.8, 4) is 0 Å². The van der Waals surface area contributed by atoms with Gasteiger partial charge in [-0.1, -0.05) is 30.7 Å². The highest BCUT2D eigenvalue weighted by Crippen LogP contribution is 2.29. The molecule has 1 heterocycles. The number of nitrogens with zero attached hydrogens (tertiary/aromatic N) is 1. The van der Waals surface area contributed by atoms with Gasteiger partial charge in [-0.15, -0.1) is 0 Å². The van der Waals surface area contributed by atoms with Crippen molar-refractivity contribution in [2.24, 2.45) is 0 Å². The molecule has 1 aliphatic rings. The molecule has 0 bridgehead atoms. The Morgan fingerprint density at radius 2 is 1.88 bits per heavy atom. The molecule has 1 fully saturated rings. The summed E-state index contributed by atoms with van der Waals surface area (Å²) in [6, 6.07) is 12.5. The van der Waals surface area contributed by atoms with Crippen LogP contribution in [0.2, 0.25) is 5.02 Å². The Hall–Kier alpha value is -2.33. The van der Waals surface area contributed by atoms with E-state index in [2.05, 4.69) is 12.2 Å². The highest BCUT2D eigenvalue weighted by Gasteiger charge is 2.40. The first-order valence-corrected chi connectivity index (χ1v) is 8.36. The SMILES string of the molecule is CCc1ccc(N[C@@H]2CC(=O)N(c3ccc(Cl)cc3C)C2=O)cc1. The summed E-state index contributed by atoms with van der Waals surface area (Å²) in [6.07, 6.45) is 1.11. The first-order valence-electron chi connectivity index (χ1n) is 7.98. The van der Waals surface area contributed by atoms with E-state index in [0.29, 0.717) is 10.7 Å². The lowest BCUT2D eigenvalue weighted by Gasteiger charge is -2.18. The van der Waals surface area contributed by atoms with Crippen LogP contribution in [0.25, 0.3) is 0 Å². The van der Waals surface area contributed by atoms with E-state index in [9.17, 15) is 9.59 Å². The fourth-order valence-corrected chi connectivity index (χ4v) is 3.13. The van der Waals surface area contributed by atoms with Gasteiger partial charge in [0.15, 0.2) is 0 Å². The largest absolute Gasteiger partial charge is 0.373 e. The van der Waals surface area contributed by atoms with Crippen LogP contribution in [0.1, 0.15) is 24.5 Å². The Morgan fingerprint density at radius 1 is 1.17 bits per heavy atom. The number of anilines is 2. The molecule has 5 heteroatoms. The van der Waals surface area contributed by atoms with Crippen molar-refractivity contribution in [2.75, 3.05) is 10.2 Å². The number of amides is 2. The molecule has 1 atom stereocenters. The van der Waals surface area contributed by atoms with E-state index in [-0.39, 0.29) is 18.2 Å². The summed E-state index contributed by atoms with van der Waals surface area (Å²) >= 11 is 5.96. The molecule has 0 unspecified atom stereocenters. The lowest BCUT2D eigenvalue weighted by atomic mass is 10.1. The van der Waals surface area contributed by atoms with E-state index in [1.54, 1.807) is 18.2 Å². The number of imide groups is 1. The first kappa shape index (κ1) is 16.5. The quantitative estimate of drug-likeness (QED) is 0.856. The van der Waals surface area contributed by atoms with Gasteiger partial charge in [0.25, 0.3) is 5.91 Å². The Balaban J connectivity index is 1.80. The van der Waals surface area contributed by atoms with Crippen LogP contribution in [0.3, 0.4) is 0 Å². The Morgan fingerprint density at radius 3 is 2.50 bits per heavy atom. The van der Waals surface area contributed by atoms with Crippen molar-refractivity contribution in [1.29, 1.82) is 0 Å². The number of hydrogen-bond acceptors (Lipinski definition) is 3. The summed E-state index contributed by atoms with van der Waals surface area (Å²) in [5.74, 6) is -0.432. The van der Waals surface area contributed by atoms with Crippen molar-refractivity contribution in [3.05, 3.63) is 58.6 Å². The second kappa shape index (κ2) is 6.65. The van der Waals surface area contributed by atoms with Crippen LogP contribution < -0.4 is 10.2 Å². The summed E-state index contributed by atoms with van der Waals surface area (Å²) in [7, 11) is 0. The zero-order valence-electron chi connectivity index (χ0n) is 13.7. The van der Waals surface area contributed by atoms with E-state index in [1.807, 2.05) is 31.2 Å². The average Bonchev–Trinajstić information content (AvgIpc) is 2.83. The molecule has 3 rings (SSSR count). The number of carbonyl (C=O) groups is 2. The molecule has 2 aromatic carbocycles. The minimum Gasteiger partial charge on any atom is -0.373 e. The highest BCUT2D eigenvalue weighted by molar-refractivity contribution is 6.31. The van der Waals surface area contributed by atoms with Gasteiger partial charge in [-0.3, -0.25) is 9.59 Å². The Labute approximate surface area is 146 Å². The van der Waals surface area contributed by atoms with E-state index < -0.39 is 6.04 Å². The fourth-order valence-electron chi connectivity index (χ4n) is 2.91. The van der Waals surface area contributed by atoms with Gasteiger partial charge < -0.3 is 5.32 Å². The molecule has 4 nitrogen and oxygen atoms in total. The van der Waals surface area contributed by atoms with Gasteiger partial charge in [0.1, 0.15) is 6.04 Å². The van der Waals surface area contributed by atoms with Crippen molar-refractivity contribution >= 4 is 34.8 Å². The molecule has 124 valence electrons. The molecular weight excluding hydrogens is 324 g/mol. The zero-order valence-corrected chi connectivity index (χ0v) is 14.4. The minimum absolute atomic E-state index is 0.149. The third-order valence-corrected chi connectivity index (χ3v) is 4.48. The number of halogens is 1. The smallest absolute Gasteiger partial charge is 0.256 e. The van der Waals surface area contributed by atoms with Crippen molar-refractivity contribution in [1.82, 2.24) is 0 Å². The average molecular weight is 343 g/mol. The maximum Gasteiger partial charge on any atom is 0.256 e. The summed E-state index contributed by atoms with van der Waals surface area (Å²) in [4.78, 5) is 26.3. The molecular formula is C19H19ClN2O2. The van der Waals surface area contributed by atoms with E-state index in [4.69, 9.17) is 11.6 Å². The second-order valence-electron chi connectivity index (χ2n) is 5.95. The Bertz CT molecular complexity index is 786. The molecule has 24 heavy (non-hydrogen) atoms. The maximum atomic E-state index is 12.7. The topological polar surface area (TPSA) is 49.4 Å². The standard InChI is InChI=1S/C19H19ClN2O2/c1-3-13-4-7-15(8-5-13)21-16-11-18(23)22(19(16)24)17-9-6-14(20)10-12(17)2/h4-10,16,21H,3,11H2,1-2H3/t16-/m1/s1. The van der Waals surface area contributed by atoms with Gasteiger partial charge in [0, 0.05) is 10.7 Å². The molecule has 0 spiro atoms. The van der Waals surface area contributed by atoms with Gasteiger partial charge in [0.2, 0.25) is 5.91 Å². The van der Waals surface area contributed by atoms with Gasteiger partial charge in [-0.25, -0.2) is 4.90 Å². The van der Waals surface area contributed by atoms with Crippen molar-refractivity contribution in [2.45, 2.75) is 32.7 Å². The molecule has 2 aromatic rings. The van der Waals surface area contributed by atoms with Crippen molar-refractivity contribution in [3.63, 3.8) is 0 Å². The number of benzene rings is 2. The predicted octanol–water partition coefficient (Wildman–Crippen LogP) is 3.95. The number of hydrogen-bond donors (Lipinski definition) is 1. The number of aryl methyl sites for hydroxylation is 2. The van der Waals surface area contributed by atoms with Crippen LogP contribution in [-0.4, -0.2) is 17.9 Å². The lowest BCUT2D eigenvalue weighted by Crippen LogP contribution is -2.35. The van der Waals surface area contributed by atoms with E-state index in [1.165, 1.54) is 10.5 Å². The number of carbonyl (C=O) groups excluding carboxylic acids is 2. The number of rotatable bonds is 4. The van der Waals surface area contributed by atoms with Crippen LogP contribution in [-0.2, 0) is 16.0 Å². The normalized spacial score (nSPS) is 17.5. The number of nitrogens with one attached hydrogen (secondary N) is 1. The first-order chi connectivity index (χ1) is 11.5.